The maximum Gasteiger partial charge on any atom is 0.222 e. The Morgan fingerprint density at radius 1 is 1.37 bits per heavy atom. The summed E-state index contributed by atoms with van der Waals surface area (Å²) in [6, 6.07) is 0.427. The molecule has 0 aromatic heterocycles. The molecular weight excluding hydrogens is 238 g/mol. The van der Waals surface area contributed by atoms with Gasteiger partial charge in [0.1, 0.15) is 0 Å². The monoisotopic (exact) mass is 267 g/mol. The van der Waals surface area contributed by atoms with Crippen LogP contribution in [0.2, 0.25) is 0 Å². The molecule has 4 heteroatoms. The fourth-order valence-corrected chi connectivity index (χ4v) is 3.33. The molecular formula is C15H29N3O. The highest BCUT2D eigenvalue weighted by Crippen LogP contribution is 2.18. The summed E-state index contributed by atoms with van der Waals surface area (Å²) in [7, 11) is 4.14. The molecule has 2 saturated heterocycles. The molecule has 0 aliphatic carbocycles. The quantitative estimate of drug-likeness (QED) is 0.834. The van der Waals surface area contributed by atoms with E-state index in [0.717, 1.165) is 38.9 Å². The topological polar surface area (TPSA) is 35.6 Å². The number of hydrogen-bond donors (Lipinski definition) is 1. The van der Waals surface area contributed by atoms with Gasteiger partial charge in [0.2, 0.25) is 5.91 Å². The predicted molar refractivity (Wildman–Crippen MR) is 78.1 cm³/mol. The number of rotatable bonds is 4. The van der Waals surface area contributed by atoms with Gasteiger partial charge in [-0.1, -0.05) is 0 Å². The highest BCUT2D eigenvalue weighted by Gasteiger charge is 2.24. The van der Waals surface area contributed by atoms with Crippen molar-refractivity contribution >= 4 is 5.91 Å². The molecule has 0 bridgehead atoms. The van der Waals surface area contributed by atoms with Gasteiger partial charge in [0.25, 0.3) is 0 Å². The second-order valence-corrected chi connectivity index (χ2v) is 6.31. The SMILES string of the molecule is CN1CCCC(N(C)C(=O)CCC2CCCNC2)C1. The summed E-state index contributed by atoms with van der Waals surface area (Å²) in [4.78, 5) is 16.6. The van der Waals surface area contributed by atoms with Crippen LogP contribution in [0.25, 0.3) is 0 Å². The number of carbonyl (C=O) groups is 1. The summed E-state index contributed by atoms with van der Waals surface area (Å²) < 4.78 is 0. The molecule has 0 saturated carbocycles. The summed E-state index contributed by atoms with van der Waals surface area (Å²) in [5.41, 5.74) is 0. The number of carbonyl (C=O) groups excluding carboxylic acids is 1. The van der Waals surface area contributed by atoms with E-state index in [9.17, 15) is 4.79 Å². The number of likely N-dealkylation sites (N-methyl/N-ethyl adjacent to an activating group) is 2. The van der Waals surface area contributed by atoms with Crippen LogP contribution in [0, 0.1) is 5.92 Å². The normalized spacial score (nSPS) is 29.2. The largest absolute Gasteiger partial charge is 0.341 e. The Hall–Kier alpha value is -0.610. The van der Waals surface area contributed by atoms with Crippen molar-refractivity contribution in [1.82, 2.24) is 15.1 Å². The highest BCUT2D eigenvalue weighted by molar-refractivity contribution is 5.76. The van der Waals surface area contributed by atoms with Crippen LogP contribution in [0.3, 0.4) is 0 Å². The molecule has 0 spiro atoms. The average Bonchev–Trinajstić information content (AvgIpc) is 2.45. The van der Waals surface area contributed by atoms with Crippen molar-refractivity contribution in [2.75, 3.05) is 40.3 Å². The first-order chi connectivity index (χ1) is 9.16. The minimum absolute atomic E-state index is 0.339. The summed E-state index contributed by atoms with van der Waals surface area (Å²) in [6.07, 6.45) is 6.71. The third-order valence-electron chi connectivity index (χ3n) is 4.71. The predicted octanol–water partition coefficient (Wildman–Crippen LogP) is 1.32. The minimum Gasteiger partial charge on any atom is -0.341 e. The molecule has 2 atom stereocenters. The van der Waals surface area contributed by atoms with Crippen LogP contribution in [0.4, 0.5) is 0 Å². The maximum absolute atomic E-state index is 12.3. The van der Waals surface area contributed by atoms with Crippen molar-refractivity contribution in [1.29, 1.82) is 0 Å². The first-order valence-corrected chi connectivity index (χ1v) is 7.81. The van der Waals surface area contributed by atoms with Crippen molar-refractivity contribution in [3.05, 3.63) is 0 Å². The van der Waals surface area contributed by atoms with Crippen LogP contribution in [-0.2, 0) is 4.79 Å². The highest BCUT2D eigenvalue weighted by atomic mass is 16.2. The van der Waals surface area contributed by atoms with Gasteiger partial charge in [0.05, 0.1) is 0 Å². The van der Waals surface area contributed by atoms with Gasteiger partial charge < -0.3 is 15.1 Å². The number of nitrogens with one attached hydrogen (secondary N) is 1. The molecule has 2 aliphatic heterocycles. The van der Waals surface area contributed by atoms with Crippen LogP contribution in [-0.4, -0.2) is 62.0 Å². The molecule has 0 radical (unpaired) electrons. The second-order valence-electron chi connectivity index (χ2n) is 6.31. The molecule has 2 unspecified atom stereocenters. The van der Waals surface area contributed by atoms with Crippen LogP contribution >= 0.6 is 0 Å². The summed E-state index contributed by atoms with van der Waals surface area (Å²) in [5, 5.41) is 3.43. The van der Waals surface area contributed by atoms with E-state index in [1.165, 1.54) is 25.8 Å². The van der Waals surface area contributed by atoms with Gasteiger partial charge in [-0.3, -0.25) is 4.79 Å². The van der Waals surface area contributed by atoms with Crippen molar-refractivity contribution in [3.8, 4) is 0 Å². The fourth-order valence-electron chi connectivity index (χ4n) is 3.33. The molecule has 4 nitrogen and oxygen atoms in total. The zero-order chi connectivity index (χ0) is 13.7. The lowest BCUT2D eigenvalue weighted by Crippen LogP contribution is -2.47. The Kier molecular flexibility index (Phi) is 5.64. The molecule has 2 aliphatic rings. The van der Waals surface area contributed by atoms with E-state index in [0.29, 0.717) is 17.9 Å². The molecule has 0 aromatic rings. The van der Waals surface area contributed by atoms with E-state index in [4.69, 9.17) is 0 Å². The second kappa shape index (κ2) is 7.25. The molecule has 19 heavy (non-hydrogen) atoms. The van der Waals surface area contributed by atoms with Crippen LogP contribution in [0.1, 0.15) is 38.5 Å². The lowest BCUT2D eigenvalue weighted by Gasteiger charge is -2.36. The van der Waals surface area contributed by atoms with Crippen molar-refractivity contribution in [2.45, 2.75) is 44.6 Å². The molecule has 2 heterocycles. The first kappa shape index (κ1) is 14.8. The first-order valence-electron chi connectivity index (χ1n) is 7.81. The minimum atomic E-state index is 0.339. The Morgan fingerprint density at radius 2 is 2.21 bits per heavy atom. The van der Waals surface area contributed by atoms with Crippen LogP contribution < -0.4 is 5.32 Å². The zero-order valence-electron chi connectivity index (χ0n) is 12.5. The Labute approximate surface area is 117 Å². The Morgan fingerprint density at radius 3 is 2.89 bits per heavy atom. The maximum atomic E-state index is 12.3. The Bertz CT molecular complexity index is 289. The van der Waals surface area contributed by atoms with Gasteiger partial charge in [-0.05, 0) is 64.7 Å². The van der Waals surface area contributed by atoms with Crippen molar-refractivity contribution < 1.29 is 4.79 Å². The van der Waals surface area contributed by atoms with E-state index < -0.39 is 0 Å². The van der Waals surface area contributed by atoms with Gasteiger partial charge in [-0.15, -0.1) is 0 Å². The van der Waals surface area contributed by atoms with E-state index in [2.05, 4.69) is 17.3 Å². The lowest BCUT2D eigenvalue weighted by molar-refractivity contribution is -0.133. The standard InChI is InChI=1S/C15H29N3O/c1-17-10-4-6-14(12-17)18(2)15(19)8-7-13-5-3-9-16-11-13/h13-14,16H,3-12H2,1-2H3. The average molecular weight is 267 g/mol. The van der Waals surface area contributed by atoms with Crippen LogP contribution in [0.5, 0.6) is 0 Å². The van der Waals surface area contributed by atoms with Gasteiger partial charge >= 0.3 is 0 Å². The molecule has 2 fully saturated rings. The molecule has 0 aromatic carbocycles. The molecule has 1 amide bonds. The summed E-state index contributed by atoms with van der Waals surface area (Å²) in [6.45, 7) is 4.46. The zero-order valence-corrected chi connectivity index (χ0v) is 12.5. The van der Waals surface area contributed by atoms with Gasteiger partial charge in [-0.25, -0.2) is 0 Å². The number of nitrogens with zero attached hydrogens (tertiary/aromatic N) is 2. The molecule has 110 valence electrons. The van der Waals surface area contributed by atoms with Gasteiger partial charge in [-0.2, -0.15) is 0 Å². The summed E-state index contributed by atoms with van der Waals surface area (Å²) >= 11 is 0. The Balaban J connectivity index is 1.72. The van der Waals surface area contributed by atoms with Crippen LogP contribution in [0.15, 0.2) is 0 Å². The van der Waals surface area contributed by atoms with Crippen molar-refractivity contribution in [3.63, 3.8) is 0 Å². The smallest absolute Gasteiger partial charge is 0.222 e. The summed E-state index contributed by atoms with van der Waals surface area (Å²) in [5.74, 6) is 1.05. The molecule has 2 rings (SSSR count). The van der Waals surface area contributed by atoms with E-state index in [-0.39, 0.29) is 0 Å². The van der Waals surface area contributed by atoms with E-state index >= 15 is 0 Å². The number of piperidine rings is 2. The number of hydrogen-bond acceptors (Lipinski definition) is 3. The van der Waals surface area contributed by atoms with E-state index in [1.54, 1.807) is 0 Å². The molecule has 1 N–H and O–H groups in total. The number of likely N-dealkylation sites (tertiary alicyclic amines) is 1. The van der Waals surface area contributed by atoms with Gasteiger partial charge in [0, 0.05) is 26.1 Å². The number of amides is 1. The third-order valence-corrected chi connectivity index (χ3v) is 4.71. The van der Waals surface area contributed by atoms with Crippen molar-refractivity contribution in [2.24, 2.45) is 5.92 Å². The lowest BCUT2D eigenvalue weighted by atomic mass is 9.94. The van der Waals surface area contributed by atoms with Gasteiger partial charge in [0.15, 0.2) is 0 Å². The third kappa shape index (κ3) is 4.46. The fraction of sp³-hybridized carbons (Fsp3) is 0.933. The van der Waals surface area contributed by atoms with E-state index in [1.807, 2.05) is 11.9 Å².